The summed E-state index contributed by atoms with van der Waals surface area (Å²) >= 11 is 0. The number of benzene rings is 2. The van der Waals surface area contributed by atoms with E-state index in [0.717, 1.165) is 50.0 Å². The molecule has 0 aromatic heterocycles. The smallest absolute Gasteiger partial charge is 0.251 e. The highest BCUT2D eigenvalue weighted by Gasteiger charge is 2.22. The molecule has 158 valence electrons. The van der Waals surface area contributed by atoms with Gasteiger partial charge in [-0.05, 0) is 55.8 Å². The molecule has 30 heavy (non-hydrogen) atoms. The van der Waals surface area contributed by atoms with Gasteiger partial charge in [-0.25, -0.2) is 4.39 Å². The molecular weight excluding hydrogens is 379 g/mol. The zero-order valence-corrected chi connectivity index (χ0v) is 17.7. The van der Waals surface area contributed by atoms with Gasteiger partial charge in [0.05, 0.1) is 0 Å². The van der Waals surface area contributed by atoms with Crippen molar-refractivity contribution < 1.29 is 13.9 Å². The average Bonchev–Trinajstić information content (AvgIpc) is 2.76. The van der Waals surface area contributed by atoms with E-state index in [4.69, 9.17) is 11.2 Å². The molecule has 1 aliphatic rings. The molecule has 0 spiro atoms. The summed E-state index contributed by atoms with van der Waals surface area (Å²) in [5.74, 6) is 2.06. The first-order chi connectivity index (χ1) is 14.5. The summed E-state index contributed by atoms with van der Waals surface area (Å²) < 4.78 is 20.4. The molecule has 0 bridgehead atoms. The Morgan fingerprint density at radius 2 is 1.97 bits per heavy atom. The van der Waals surface area contributed by atoms with E-state index in [9.17, 15) is 9.18 Å². The number of amides is 1. The van der Waals surface area contributed by atoms with Crippen LogP contribution >= 0.6 is 0 Å². The maximum Gasteiger partial charge on any atom is 0.251 e. The average molecular weight is 409 g/mol. The van der Waals surface area contributed by atoms with Crippen molar-refractivity contribution in [1.82, 2.24) is 5.32 Å². The van der Waals surface area contributed by atoms with Crippen molar-refractivity contribution in [2.75, 3.05) is 18.0 Å². The quantitative estimate of drug-likeness (QED) is 0.671. The Hall–Kier alpha value is -3.00. The molecule has 2 aromatic rings. The van der Waals surface area contributed by atoms with Gasteiger partial charge >= 0.3 is 0 Å². The largest absolute Gasteiger partial charge is 0.487 e. The van der Waals surface area contributed by atoms with Crippen LogP contribution in [0.3, 0.4) is 0 Å². The van der Waals surface area contributed by atoms with E-state index in [1.165, 1.54) is 6.07 Å². The van der Waals surface area contributed by atoms with E-state index in [1.54, 1.807) is 12.1 Å². The summed E-state index contributed by atoms with van der Waals surface area (Å²) in [6, 6.07) is 12.4. The number of nitrogens with one attached hydrogen (secondary N) is 1. The van der Waals surface area contributed by atoms with Crippen molar-refractivity contribution >= 4 is 11.6 Å². The monoisotopic (exact) mass is 408 g/mol. The van der Waals surface area contributed by atoms with Gasteiger partial charge in [0.2, 0.25) is 0 Å². The van der Waals surface area contributed by atoms with Crippen LogP contribution in [0, 0.1) is 18.2 Å². The highest BCUT2D eigenvalue weighted by atomic mass is 19.1. The molecule has 1 fully saturated rings. The van der Waals surface area contributed by atoms with Gasteiger partial charge in [-0.15, -0.1) is 6.42 Å². The van der Waals surface area contributed by atoms with Crippen LogP contribution in [0.5, 0.6) is 5.75 Å². The summed E-state index contributed by atoms with van der Waals surface area (Å²) in [6.07, 6.45) is 8.83. The number of hydrogen-bond donors (Lipinski definition) is 1. The maximum atomic E-state index is 14.5. The molecule has 1 N–H and O–H groups in total. The number of hydrogen-bond acceptors (Lipinski definition) is 3. The van der Waals surface area contributed by atoms with E-state index in [2.05, 4.69) is 23.1 Å². The van der Waals surface area contributed by atoms with E-state index in [0.29, 0.717) is 5.56 Å². The predicted molar refractivity (Wildman–Crippen MR) is 118 cm³/mol. The lowest BCUT2D eigenvalue weighted by Crippen LogP contribution is -2.38. The molecule has 5 heteroatoms. The van der Waals surface area contributed by atoms with E-state index < -0.39 is 5.82 Å². The zero-order valence-electron chi connectivity index (χ0n) is 17.7. The first-order valence-corrected chi connectivity index (χ1v) is 10.6. The molecule has 4 nitrogen and oxygen atoms in total. The minimum atomic E-state index is -0.502. The van der Waals surface area contributed by atoms with Gasteiger partial charge in [0, 0.05) is 48.8 Å². The Labute approximate surface area is 178 Å². The summed E-state index contributed by atoms with van der Waals surface area (Å²) in [5.41, 5.74) is 2.31. The molecular formula is C25H29FN2O2. The molecule has 1 heterocycles. The molecule has 3 rings (SSSR count). The number of nitrogens with zero attached hydrogens (tertiary/aromatic N) is 1. The minimum absolute atomic E-state index is 0.0509. The van der Waals surface area contributed by atoms with Gasteiger partial charge in [0.1, 0.15) is 6.10 Å². The fourth-order valence-corrected chi connectivity index (χ4v) is 3.73. The molecule has 1 saturated heterocycles. The van der Waals surface area contributed by atoms with Gasteiger partial charge in [-0.2, -0.15) is 0 Å². The number of halogens is 1. The lowest BCUT2D eigenvalue weighted by molar-refractivity contribution is 0.0937. The molecule has 0 radical (unpaired) electrons. The van der Waals surface area contributed by atoms with Crippen molar-refractivity contribution in [3.05, 3.63) is 59.4 Å². The van der Waals surface area contributed by atoms with E-state index in [1.807, 2.05) is 31.2 Å². The van der Waals surface area contributed by atoms with Gasteiger partial charge in [0.15, 0.2) is 11.6 Å². The Morgan fingerprint density at radius 3 is 2.57 bits per heavy atom. The fourth-order valence-electron chi connectivity index (χ4n) is 3.73. The summed E-state index contributed by atoms with van der Waals surface area (Å²) in [7, 11) is 0. The third-order valence-corrected chi connectivity index (χ3v) is 5.43. The van der Waals surface area contributed by atoms with Gasteiger partial charge < -0.3 is 15.0 Å². The second kappa shape index (κ2) is 10.2. The molecule has 1 aliphatic heterocycles. The van der Waals surface area contributed by atoms with Crippen LogP contribution in [0.2, 0.25) is 0 Å². The van der Waals surface area contributed by atoms with Gasteiger partial charge in [0.25, 0.3) is 5.91 Å². The Balaban J connectivity index is 1.54. The van der Waals surface area contributed by atoms with Crippen LogP contribution in [0.15, 0.2) is 42.5 Å². The van der Waals surface area contributed by atoms with Crippen LogP contribution in [0.25, 0.3) is 0 Å². The number of carbonyl (C=O) groups is 1. The van der Waals surface area contributed by atoms with Crippen LogP contribution in [0.1, 0.15) is 55.5 Å². The second-order valence-corrected chi connectivity index (χ2v) is 7.80. The van der Waals surface area contributed by atoms with Gasteiger partial charge in [-0.1, -0.05) is 19.3 Å². The molecule has 0 saturated carbocycles. The number of terminal acetylenes is 1. The van der Waals surface area contributed by atoms with Crippen molar-refractivity contribution in [3.8, 4) is 18.1 Å². The van der Waals surface area contributed by atoms with Crippen LogP contribution in [-0.2, 0) is 0 Å². The number of rotatable bonds is 7. The van der Waals surface area contributed by atoms with E-state index >= 15 is 0 Å². The maximum absolute atomic E-state index is 14.5. The van der Waals surface area contributed by atoms with Crippen LogP contribution in [-0.4, -0.2) is 31.1 Å². The normalized spacial score (nSPS) is 15.3. The minimum Gasteiger partial charge on any atom is -0.487 e. The third kappa shape index (κ3) is 5.54. The SMILES string of the molecule is C#Cc1ccc(N2CCC(Oc3ccc(C(=O)NC(C)CCC)cc3F)CC2)cc1. The third-order valence-electron chi connectivity index (χ3n) is 5.43. The number of anilines is 1. The van der Waals surface area contributed by atoms with Gasteiger partial charge in [-0.3, -0.25) is 4.79 Å². The summed E-state index contributed by atoms with van der Waals surface area (Å²) in [5, 5.41) is 2.89. The zero-order chi connectivity index (χ0) is 21.5. The van der Waals surface area contributed by atoms with Crippen LogP contribution < -0.4 is 15.0 Å². The number of ether oxygens (including phenoxy) is 1. The fraction of sp³-hybridized carbons (Fsp3) is 0.400. The first kappa shape index (κ1) is 21.7. The summed E-state index contributed by atoms with van der Waals surface area (Å²) in [6.45, 7) is 5.67. The topological polar surface area (TPSA) is 41.6 Å². The molecule has 0 aliphatic carbocycles. The van der Waals surface area contributed by atoms with Crippen molar-refractivity contribution in [3.63, 3.8) is 0 Å². The molecule has 1 amide bonds. The number of piperidine rings is 1. The van der Waals surface area contributed by atoms with E-state index in [-0.39, 0.29) is 23.8 Å². The van der Waals surface area contributed by atoms with Crippen molar-refractivity contribution in [2.45, 2.75) is 51.7 Å². The lowest BCUT2D eigenvalue weighted by atomic mass is 10.1. The first-order valence-electron chi connectivity index (χ1n) is 10.6. The lowest BCUT2D eigenvalue weighted by Gasteiger charge is -2.33. The van der Waals surface area contributed by atoms with Crippen LogP contribution in [0.4, 0.5) is 10.1 Å². The summed E-state index contributed by atoms with van der Waals surface area (Å²) in [4.78, 5) is 14.5. The predicted octanol–water partition coefficient (Wildman–Crippen LogP) is 4.77. The Bertz CT molecular complexity index is 896. The highest BCUT2D eigenvalue weighted by Crippen LogP contribution is 2.26. The standard InChI is InChI=1S/C25H29FN2O2/c1-4-6-18(3)27-25(29)20-9-12-24(23(26)17-20)30-22-13-15-28(16-14-22)21-10-7-19(5-2)8-11-21/h2,7-12,17-18,22H,4,6,13-16H2,1,3H3,(H,27,29). The number of carbonyl (C=O) groups excluding carboxylic acids is 1. The second-order valence-electron chi connectivity index (χ2n) is 7.80. The highest BCUT2D eigenvalue weighted by molar-refractivity contribution is 5.94. The molecule has 1 atom stereocenters. The molecule has 1 unspecified atom stereocenters. The van der Waals surface area contributed by atoms with Crippen molar-refractivity contribution in [1.29, 1.82) is 0 Å². The molecule has 2 aromatic carbocycles. The van der Waals surface area contributed by atoms with Crippen molar-refractivity contribution in [2.24, 2.45) is 0 Å². The Morgan fingerprint density at radius 1 is 1.27 bits per heavy atom. The Kier molecular flexibility index (Phi) is 7.35.